The van der Waals surface area contributed by atoms with Gasteiger partial charge in [0.15, 0.2) is 0 Å². The summed E-state index contributed by atoms with van der Waals surface area (Å²) in [7, 11) is 1.56. The van der Waals surface area contributed by atoms with Crippen LogP contribution in [0.15, 0.2) is 22.7 Å². The summed E-state index contributed by atoms with van der Waals surface area (Å²) in [6.07, 6.45) is 0.422. The quantitative estimate of drug-likeness (QED) is 0.742. The zero-order valence-corrected chi connectivity index (χ0v) is 13.6. The molecule has 0 radical (unpaired) electrons. The van der Waals surface area contributed by atoms with Crippen LogP contribution in [-0.2, 0) is 4.74 Å². The fourth-order valence-corrected chi connectivity index (χ4v) is 2.27. The van der Waals surface area contributed by atoms with Crippen molar-refractivity contribution in [2.45, 2.75) is 25.8 Å². The first-order valence-electron chi connectivity index (χ1n) is 6.36. The molecule has 3 N–H and O–H groups in total. The largest absolute Gasteiger partial charge is 0.396 e. The Hall–Kier alpha value is -1.11. The molecule has 0 fully saturated rings. The molecule has 0 unspecified atom stereocenters. The highest BCUT2D eigenvalue weighted by atomic mass is 79.9. The Bertz CT molecular complexity index is 460. The van der Waals surface area contributed by atoms with Gasteiger partial charge in [-0.25, -0.2) is 4.79 Å². The first-order chi connectivity index (χ1) is 9.41. The van der Waals surface area contributed by atoms with Crippen LogP contribution in [0.1, 0.15) is 18.9 Å². The minimum Gasteiger partial charge on any atom is -0.396 e. The number of amides is 2. The van der Waals surface area contributed by atoms with E-state index in [9.17, 15) is 4.79 Å². The van der Waals surface area contributed by atoms with Gasteiger partial charge < -0.3 is 20.5 Å². The van der Waals surface area contributed by atoms with Gasteiger partial charge in [0, 0.05) is 23.9 Å². The highest BCUT2D eigenvalue weighted by Crippen LogP contribution is 2.23. The number of hydrogen-bond acceptors (Lipinski definition) is 3. The third kappa shape index (κ3) is 4.77. The lowest BCUT2D eigenvalue weighted by atomic mass is 10.00. The van der Waals surface area contributed by atoms with E-state index in [0.717, 1.165) is 15.7 Å². The average Bonchev–Trinajstić information content (AvgIpc) is 2.35. The predicted molar refractivity (Wildman–Crippen MR) is 83.0 cm³/mol. The molecule has 0 spiro atoms. The molecule has 0 aromatic heterocycles. The molecule has 1 rings (SSSR count). The number of methoxy groups -OCH3 is 1. The summed E-state index contributed by atoms with van der Waals surface area (Å²) < 4.78 is 6.03. The molecular formula is C14H21BrN2O3. The molecule has 1 atom stereocenters. The zero-order chi connectivity index (χ0) is 15.2. The fourth-order valence-electron chi connectivity index (χ4n) is 1.91. The van der Waals surface area contributed by atoms with E-state index in [2.05, 4.69) is 26.6 Å². The van der Waals surface area contributed by atoms with Crippen molar-refractivity contribution in [1.82, 2.24) is 5.32 Å². The Labute approximate surface area is 127 Å². The smallest absolute Gasteiger partial charge is 0.319 e. The molecular weight excluding hydrogens is 324 g/mol. The molecule has 1 aromatic rings. The lowest BCUT2D eigenvalue weighted by molar-refractivity contribution is 0.104. The van der Waals surface area contributed by atoms with Gasteiger partial charge in [0.25, 0.3) is 0 Å². The number of halogens is 1. The minimum absolute atomic E-state index is 0.0178. The zero-order valence-electron chi connectivity index (χ0n) is 12.0. The van der Waals surface area contributed by atoms with E-state index in [1.807, 2.05) is 32.0 Å². The third-order valence-electron chi connectivity index (χ3n) is 3.06. The van der Waals surface area contributed by atoms with E-state index in [1.165, 1.54) is 0 Å². The van der Waals surface area contributed by atoms with Crippen LogP contribution >= 0.6 is 15.9 Å². The van der Waals surface area contributed by atoms with E-state index >= 15 is 0 Å². The number of hydrogen-bond donors (Lipinski definition) is 3. The van der Waals surface area contributed by atoms with Crippen molar-refractivity contribution < 1.29 is 14.6 Å². The van der Waals surface area contributed by atoms with Crippen molar-refractivity contribution in [3.8, 4) is 0 Å². The fraction of sp³-hybridized carbons (Fsp3) is 0.500. The number of aliphatic hydroxyl groups excluding tert-OH is 1. The van der Waals surface area contributed by atoms with E-state index in [-0.39, 0.29) is 12.6 Å². The Morgan fingerprint density at radius 3 is 2.80 bits per heavy atom. The van der Waals surface area contributed by atoms with Gasteiger partial charge in [-0.1, -0.05) is 22.0 Å². The Morgan fingerprint density at radius 1 is 1.50 bits per heavy atom. The topological polar surface area (TPSA) is 70.6 Å². The van der Waals surface area contributed by atoms with Crippen molar-refractivity contribution in [1.29, 1.82) is 0 Å². The van der Waals surface area contributed by atoms with Gasteiger partial charge in [-0.05, 0) is 38.0 Å². The van der Waals surface area contributed by atoms with Crippen molar-refractivity contribution in [2.75, 3.05) is 25.6 Å². The van der Waals surface area contributed by atoms with Crippen molar-refractivity contribution in [2.24, 2.45) is 0 Å². The maximum Gasteiger partial charge on any atom is 0.319 e. The molecule has 5 nitrogen and oxygen atoms in total. The molecule has 20 heavy (non-hydrogen) atoms. The van der Waals surface area contributed by atoms with Crippen molar-refractivity contribution in [3.05, 3.63) is 28.2 Å². The standard InChI is InChI=1S/C14H21BrN2O3/c1-10-11(15)5-4-6-12(10)16-13(19)17-14(2,7-8-18)9-20-3/h4-6,18H,7-9H2,1-3H3,(H2,16,17,19)/t14-/m0/s1. The molecule has 0 aliphatic heterocycles. The number of rotatable bonds is 6. The van der Waals surface area contributed by atoms with Gasteiger partial charge in [0.2, 0.25) is 0 Å². The summed E-state index contributed by atoms with van der Waals surface area (Å²) in [4.78, 5) is 12.1. The molecule has 2 amide bonds. The first-order valence-corrected chi connectivity index (χ1v) is 7.15. The van der Waals surface area contributed by atoms with Gasteiger partial charge >= 0.3 is 6.03 Å². The molecule has 0 bridgehead atoms. The minimum atomic E-state index is -0.604. The second kappa shape index (κ2) is 7.61. The molecule has 0 aliphatic carbocycles. The monoisotopic (exact) mass is 344 g/mol. The molecule has 112 valence electrons. The number of carbonyl (C=O) groups excluding carboxylic acids is 1. The van der Waals surface area contributed by atoms with Gasteiger partial charge in [-0.15, -0.1) is 0 Å². The number of urea groups is 1. The summed E-state index contributed by atoms with van der Waals surface area (Å²) >= 11 is 3.42. The number of benzene rings is 1. The van der Waals surface area contributed by atoms with Crippen molar-refractivity contribution in [3.63, 3.8) is 0 Å². The predicted octanol–water partition coefficient (Wildman–Crippen LogP) is 2.67. The summed E-state index contributed by atoms with van der Waals surface area (Å²) in [6, 6.07) is 5.28. The van der Waals surface area contributed by atoms with Gasteiger partial charge in [0.1, 0.15) is 0 Å². The Kier molecular flexibility index (Phi) is 6.45. The van der Waals surface area contributed by atoms with E-state index in [0.29, 0.717) is 13.0 Å². The van der Waals surface area contributed by atoms with E-state index in [1.54, 1.807) is 7.11 Å². The van der Waals surface area contributed by atoms with E-state index < -0.39 is 5.54 Å². The summed E-state index contributed by atoms with van der Waals surface area (Å²) in [5.41, 5.74) is 1.09. The maximum atomic E-state index is 12.1. The molecule has 0 heterocycles. The average molecular weight is 345 g/mol. The van der Waals surface area contributed by atoms with Crippen LogP contribution in [0.25, 0.3) is 0 Å². The lowest BCUT2D eigenvalue weighted by Crippen LogP contribution is -2.51. The van der Waals surface area contributed by atoms with Gasteiger partial charge in [-0.2, -0.15) is 0 Å². The molecule has 0 saturated carbocycles. The molecule has 0 saturated heterocycles. The van der Waals surface area contributed by atoms with Crippen LogP contribution in [0.3, 0.4) is 0 Å². The number of nitrogens with one attached hydrogen (secondary N) is 2. The summed E-state index contributed by atoms with van der Waals surface area (Å²) in [6.45, 7) is 4.07. The molecule has 0 aliphatic rings. The second-order valence-electron chi connectivity index (χ2n) is 4.96. The molecule has 6 heteroatoms. The highest BCUT2D eigenvalue weighted by Gasteiger charge is 2.26. The number of anilines is 1. The van der Waals surface area contributed by atoms with E-state index in [4.69, 9.17) is 9.84 Å². The SMILES string of the molecule is COC[C@](C)(CCO)NC(=O)Nc1cccc(Br)c1C. The van der Waals surface area contributed by atoms with Gasteiger partial charge in [-0.3, -0.25) is 0 Å². The normalized spacial score (nSPS) is 13.7. The maximum absolute atomic E-state index is 12.1. The van der Waals surface area contributed by atoms with Crippen LogP contribution in [-0.4, -0.2) is 37.0 Å². The first kappa shape index (κ1) is 16.9. The Morgan fingerprint density at radius 2 is 2.20 bits per heavy atom. The number of aliphatic hydroxyl groups is 1. The highest BCUT2D eigenvalue weighted by molar-refractivity contribution is 9.10. The van der Waals surface area contributed by atoms with Crippen LogP contribution in [0.4, 0.5) is 10.5 Å². The summed E-state index contributed by atoms with van der Waals surface area (Å²) in [5, 5.41) is 14.7. The Balaban J connectivity index is 2.73. The van der Waals surface area contributed by atoms with Crippen molar-refractivity contribution >= 4 is 27.6 Å². The molecule has 1 aromatic carbocycles. The number of carbonyl (C=O) groups is 1. The van der Waals surface area contributed by atoms with Gasteiger partial charge in [0.05, 0.1) is 12.1 Å². The van der Waals surface area contributed by atoms with Crippen LogP contribution in [0, 0.1) is 6.92 Å². The third-order valence-corrected chi connectivity index (χ3v) is 3.92. The van der Waals surface area contributed by atoms with Crippen LogP contribution < -0.4 is 10.6 Å². The van der Waals surface area contributed by atoms with Crippen LogP contribution in [0.5, 0.6) is 0 Å². The second-order valence-corrected chi connectivity index (χ2v) is 5.81. The number of ether oxygens (including phenoxy) is 1. The van der Waals surface area contributed by atoms with Crippen LogP contribution in [0.2, 0.25) is 0 Å². The lowest BCUT2D eigenvalue weighted by Gasteiger charge is -2.29. The summed E-state index contributed by atoms with van der Waals surface area (Å²) in [5.74, 6) is 0.